The van der Waals surface area contributed by atoms with E-state index >= 15 is 0 Å². The molecule has 1 aromatic carbocycles. The lowest BCUT2D eigenvalue weighted by Gasteiger charge is -2.31. The van der Waals surface area contributed by atoms with E-state index in [1.165, 1.54) is 0 Å². The van der Waals surface area contributed by atoms with Gasteiger partial charge in [0, 0.05) is 24.2 Å². The summed E-state index contributed by atoms with van der Waals surface area (Å²) in [6, 6.07) is 4.45. The van der Waals surface area contributed by atoms with Crippen LogP contribution < -0.4 is 21.7 Å². The molecule has 13 heteroatoms. The van der Waals surface area contributed by atoms with E-state index in [9.17, 15) is 14.4 Å². The van der Waals surface area contributed by atoms with Crippen molar-refractivity contribution in [2.75, 3.05) is 36.1 Å². The van der Waals surface area contributed by atoms with Crippen molar-refractivity contribution >= 4 is 46.5 Å². The number of anilines is 3. The number of hydrogen-bond donors (Lipinski definition) is 3. The SMILES string of the molecule is CCOC(=O)CC[C@@H](NC(=O)c1ccc2c(c1)CCCN2Cc1cnc2nc(N)nc(N)c2n1)C(=O)OCC. The van der Waals surface area contributed by atoms with Crippen LogP contribution in [-0.4, -0.2) is 63.6 Å². The van der Waals surface area contributed by atoms with Crippen LogP contribution in [0, 0.1) is 0 Å². The molecule has 0 aliphatic carbocycles. The number of hydrogen-bond acceptors (Lipinski definition) is 12. The Balaban J connectivity index is 1.48. The molecule has 1 aliphatic rings. The lowest BCUT2D eigenvalue weighted by molar-refractivity contribution is -0.146. The van der Waals surface area contributed by atoms with E-state index in [1.54, 1.807) is 26.1 Å². The van der Waals surface area contributed by atoms with Crippen LogP contribution >= 0.6 is 0 Å². The van der Waals surface area contributed by atoms with Crippen LogP contribution in [0.3, 0.4) is 0 Å². The van der Waals surface area contributed by atoms with Crippen LogP contribution in [0.15, 0.2) is 24.4 Å². The molecule has 206 valence electrons. The molecule has 0 saturated heterocycles. The molecule has 0 radical (unpaired) electrons. The Morgan fingerprint density at radius 3 is 2.67 bits per heavy atom. The molecule has 1 atom stereocenters. The quantitative estimate of drug-likeness (QED) is 0.317. The van der Waals surface area contributed by atoms with Gasteiger partial charge in [-0.1, -0.05) is 0 Å². The molecule has 0 fully saturated rings. The predicted octanol–water partition coefficient (Wildman–Crippen LogP) is 1.54. The smallest absolute Gasteiger partial charge is 0.328 e. The number of nitrogens with two attached hydrogens (primary N) is 2. The number of nitrogens with one attached hydrogen (secondary N) is 1. The molecule has 1 amide bonds. The minimum absolute atomic E-state index is 0.0143. The summed E-state index contributed by atoms with van der Waals surface area (Å²) in [5, 5.41) is 2.71. The van der Waals surface area contributed by atoms with Gasteiger partial charge in [0.15, 0.2) is 17.0 Å². The monoisotopic (exact) mass is 536 g/mol. The number of nitrogen functional groups attached to an aromatic ring is 2. The highest BCUT2D eigenvalue weighted by Crippen LogP contribution is 2.29. The number of benzene rings is 1. The van der Waals surface area contributed by atoms with Crippen molar-refractivity contribution in [1.29, 1.82) is 0 Å². The van der Waals surface area contributed by atoms with Crippen molar-refractivity contribution in [3.05, 3.63) is 41.2 Å². The Bertz CT molecular complexity index is 1380. The van der Waals surface area contributed by atoms with Crippen molar-refractivity contribution in [3.8, 4) is 0 Å². The standard InChI is InChI=1S/C26H32N8O5/c1-3-38-20(35)10-8-18(25(37)39-4-2)31-24(36)16-7-9-19-15(12-16)6-5-11-34(19)14-17-13-29-23-21(30-17)22(27)32-26(28)33-23/h7,9,12-13,18H,3-6,8,10-11,14H2,1-2H3,(H,31,36)(H4,27,28,29,32,33)/t18-/m1/s1. The number of ether oxygens (including phenoxy) is 2. The highest BCUT2D eigenvalue weighted by Gasteiger charge is 2.25. The Hall–Kier alpha value is -4.55. The van der Waals surface area contributed by atoms with E-state index in [1.807, 2.05) is 12.1 Å². The van der Waals surface area contributed by atoms with E-state index in [4.69, 9.17) is 20.9 Å². The van der Waals surface area contributed by atoms with E-state index in [0.717, 1.165) is 30.6 Å². The summed E-state index contributed by atoms with van der Waals surface area (Å²) in [6.07, 6.45) is 3.37. The molecule has 39 heavy (non-hydrogen) atoms. The molecule has 0 unspecified atom stereocenters. The fraction of sp³-hybridized carbons (Fsp3) is 0.423. The minimum Gasteiger partial charge on any atom is -0.466 e. The predicted molar refractivity (Wildman–Crippen MR) is 144 cm³/mol. The molecule has 0 spiro atoms. The van der Waals surface area contributed by atoms with Crippen LogP contribution in [0.25, 0.3) is 11.2 Å². The number of nitrogens with zero attached hydrogens (tertiary/aromatic N) is 5. The van der Waals surface area contributed by atoms with E-state index in [-0.39, 0.29) is 37.8 Å². The molecule has 13 nitrogen and oxygen atoms in total. The maximum Gasteiger partial charge on any atom is 0.328 e. The van der Waals surface area contributed by atoms with Gasteiger partial charge >= 0.3 is 11.9 Å². The van der Waals surface area contributed by atoms with Crippen molar-refractivity contribution in [3.63, 3.8) is 0 Å². The second kappa shape index (κ2) is 12.3. The highest BCUT2D eigenvalue weighted by atomic mass is 16.5. The Morgan fingerprint density at radius 2 is 1.90 bits per heavy atom. The summed E-state index contributed by atoms with van der Waals surface area (Å²) in [4.78, 5) is 56.4. The average molecular weight is 537 g/mol. The molecule has 3 heterocycles. The number of aryl methyl sites for hydroxylation is 1. The molecule has 4 rings (SSSR count). The molecule has 0 saturated carbocycles. The van der Waals surface area contributed by atoms with Gasteiger partial charge in [0.05, 0.1) is 31.6 Å². The normalized spacial score (nSPS) is 13.4. The lowest BCUT2D eigenvalue weighted by Crippen LogP contribution is -2.42. The summed E-state index contributed by atoms with van der Waals surface area (Å²) in [5.41, 5.74) is 15.4. The highest BCUT2D eigenvalue weighted by molar-refractivity contribution is 5.97. The van der Waals surface area contributed by atoms with Crippen LogP contribution in [0.1, 0.15) is 54.7 Å². The maximum atomic E-state index is 13.1. The minimum atomic E-state index is -0.965. The zero-order chi connectivity index (χ0) is 27.9. The number of carbonyl (C=O) groups is 3. The molecule has 3 aromatic rings. The Kier molecular flexibility index (Phi) is 8.69. The summed E-state index contributed by atoms with van der Waals surface area (Å²) < 4.78 is 10.0. The second-order valence-corrected chi connectivity index (χ2v) is 8.99. The fourth-order valence-corrected chi connectivity index (χ4v) is 4.46. The summed E-state index contributed by atoms with van der Waals surface area (Å²) >= 11 is 0. The Morgan fingerprint density at radius 1 is 1.10 bits per heavy atom. The lowest BCUT2D eigenvalue weighted by atomic mass is 9.98. The second-order valence-electron chi connectivity index (χ2n) is 8.99. The number of esters is 2. The van der Waals surface area contributed by atoms with Gasteiger partial charge in [-0.2, -0.15) is 9.97 Å². The summed E-state index contributed by atoms with van der Waals surface area (Å²) in [7, 11) is 0. The van der Waals surface area contributed by atoms with Crippen molar-refractivity contribution in [1.82, 2.24) is 25.3 Å². The van der Waals surface area contributed by atoms with Gasteiger partial charge in [0.2, 0.25) is 5.95 Å². The number of amides is 1. The maximum absolute atomic E-state index is 13.1. The molecule has 0 bridgehead atoms. The average Bonchev–Trinajstić information content (AvgIpc) is 2.91. The van der Waals surface area contributed by atoms with Gasteiger partial charge in [-0.25, -0.2) is 14.8 Å². The van der Waals surface area contributed by atoms with E-state index in [2.05, 4.69) is 30.2 Å². The number of aromatic nitrogens is 4. The first-order valence-electron chi connectivity index (χ1n) is 12.8. The number of carbonyl (C=O) groups excluding carboxylic acids is 3. The first kappa shape index (κ1) is 27.5. The van der Waals surface area contributed by atoms with Gasteiger partial charge < -0.3 is 31.2 Å². The molecule has 2 aromatic heterocycles. The third-order valence-corrected chi connectivity index (χ3v) is 6.23. The van der Waals surface area contributed by atoms with E-state index in [0.29, 0.717) is 29.0 Å². The number of fused-ring (bicyclic) bond motifs is 2. The Labute approximate surface area is 225 Å². The van der Waals surface area contributed by atoms with Crippen LogP contribution in [0.5, 0.6) is 0 Å². The molecular weight excluding hydrogens is 504 g/mol. The zero-order valence-electron chi connectivity index (χ0n) is 22.0. The van der Waals surface area contributed by atoms with Crippen molar-refractivity contribution < 1.29 is 23.9 Å². The third-order valence-electron chi connectivity index (χ3n) is 6.23. The largest absolute Gasteiger partial charge is 0.466 e. The van der Waals surface area contributed by atoms with Crippen molar-refractivity contribution in [2.45, 2.75) is 52.1 Å². The summed E-state index contributed by atoms with van der Waals surface area (Å²) in [6.45, 7) is 5.06. The number of rotatable bonds is 10. The first-order valence-corrected chi connectivity index (χ1v) is 12.8. The molecular formula is C26H32N8O5. The zero-order valence-corrected chi connectivity index (χ0v) is 22.0. The van der Waals surface area contributed by atoms with Gasteiger partial charge in [-0.3, -0.25) is 9.59 Å². The summed E-state index contributed by atoms with van der Waals surface area (Å²) in [5.74, 6) is -1.24. The van der Waals surface area contributed by atoms with Gasteiger partial charge in [0.1, 0.15) is 6.04 Å². The molecule has 1 aliphatic heterocycles. The van der Waals surface area contributed by atoms with E-state index < -0.39 is 23.9 Å². The fourth-order valence-electron chi connectivity index (χ4n) is 4.46. The molecule has 5 N–H and O–H groups in total. The first-order chi connectivity index (χ1) is 18.8. The van der Waals surface area contributed by atoms with Gasteiger partial charge in [-0.05, 0) is 56.9 Å². The van der Waals surface area contributed by atoms with Crippen LogP contribution in [-0.2, 0) is 32.0 Å². The van der Waals surface area contributed by atoms with Gasteiger partial charge in [0.25, 0.3) is 5.91 Å². The van der Waals surface area contributed by atoms with Gasteiger partial charge in [-0.15, -0.1) is 0 Å². The van der Waals surface area contributed by atoms with Crippen LogP contribution in [0.2, 0.25) is 0 Å². The topological polar surface area (TPSA) is 189 Å². The van der Waals surface area contributed by atoms with Crippen LogP contribution in [0.4, 0.5) is 17.5 Å². The van der Waals surface area contributed by atoms with Crippen molar-refractivity contribution in [2.24, 2.45) is 0 Å². The third kappa shape index (κ3) is 6.67.